The molecule has 1 atom stereocenters. The third-order valence-corrected chi connectivity index (χ3v) is 3.77. The second kappa shape index (κ2) is 5.42. The molecule has 0 radical (unpaired) electrons. The Morgan fingerprint density at radius 1 is 1.59 bits per heavy atom. The van der Waals surface area contributed by atoms with E-state index in [0.29, 0.717) is 13.1 Å². The van der Waals surface area contributed by atoms with Crippen molar-refractivity contribution in [3.63, 3.8) is 0 Å². The second-order valence-corrected chi connectivity index (χ2v) is 5.00. The van der Waals surface area contributed by atoms with Gasteiger partial charge in [0, 0.05) is 20.1 Å². The van der Waals surface area contributed by atoms with E-state index in [-0.39, 0.29) is 11.9 Å². The van der Waals surface area contributed by atoms with Crippen LogP contribution in [0.1, 0.15) is 18.4 Å². The number of rotatable bonds is 4. The molecule has 2 rings (SSSR count). The van der Waals surface area contributed by atoms with E-state index < -0.39 is 0 Å². The minimum atomic E-state index is -0.0364. The molecule has 0 bridgehead atoms. The number of aromatic nitrogens is 2. The van der Waals surface area contributed by atoms with Crippen LogP contribution in [-0.2, 0) is 11.3 Å². The van der Waals surface area contributed by atoms with Gasteiger partial charge in [-0.3, -0.25) is 9.69 Å². The third-order valence-electron chi connectivity index (χ3n) is 2.85. The number of nitrogens with zero attached hydrogens (tertiary/aromatic N) is 3. The molecular formula is C10H17N5OS. The predicted molar refractivity (Wildman–Crippen MR) is 67.0 cm³/mol. The van der Waals surface area contributed by atoms with Crippen molar-refractivity contribution >= 4 is 22.4 Å². The molecule has 0 saturated carbocycles. The quantitative estimate of drug-likeness (QED) is 0.809. The fourth-order valence-corrected chi connectivity index (χ4v) is 2.71. The smallest absolute Gasteiger partial charge is 0.237 e. The Bertz CT molecular complexity index is 394. The molecular weight excluding hydrogens is 238 g/mol. The Morgan fingerprint density at radius 3 is 3.06 bits per heavy atom. The van der Waals surface area contributed by atoms with Gasteiger partial charge >= 0.3 is 0 Å². The van der Waals surface area contributed by atoms with Gasteiger partial charge in [0.15, 0.2) is 0 Å². The second-order valence-electron chi connectivity index (χ2n) is 3.94. The van der Waals surface area contributed by atoms with Crippen molar-refractivity contribution < 1.29 is 4.79 Å². The van der Waals surface area contributed by atoms with Crippen LogP contribution >= 0.6 is 11.3 Å². The number of nitrogens with one attached hydrogen (secondary N) is 2. The summed E-state index contributed by atoms with van der Waals surface area (Å²) in [6.07, 6.45) is 0.823. The third kappa shape index (κ3) is 2.73. The van der Waals surface area contributed by atoms with E-state index in [1.807, 2.05) is 14.0 Å². The number of anilines is 1. The number of carbonyl (C=O) groups excluding carboxylic acids is 1. The van der Waals surface area contributed by atoms with E-state index in [2.05, 4.69) is 25.7 Å². The maximum atomic E-state index is 11.7. The molecule has 17 heavy (non-hydrogen) atoms. The van der Waals surface area contributed by atoms with E-state index in [1.165, 1.54) is 11.3 Å². The van der Waals surface area contributed by atoms with Crippen molar-refractivity contribution in [2.45, 2.75) is 25.9 Å². The molecule has 0 aromatic carbocycles. The van der Waals surface area contributed by atoms with Gasteiger partial charge in [-0.15, -0.1) is 10.2 Å². The van der Waals surface area contributed by atoms with Gasteiger partial charge in [0.05, 0.1) is 12.6 Å². The average Bonchev–Trinajstić information content (AvgIpc) is 2.77. The molecule has 6 nitrogen and oxygen atoms in total. The SMILES string of the molecule is CCC1C(=O)NCCN1Cc1nnc(NC)s1. The lowest BCUT2D eigenvalue weighted by atomic mass is 10.1. The summed E-state index contributed by atoms with van der Waals surface area (Å²) in [5, 5.41) is 15.7. The molecule has 1 aliphatic rings. The molecule has 0 spiro atoms. The predicted octanol–water partition coefficient (Wildman–Crippen LogP) is 0.290. The van der Waals surface area contributed by atoms with Crippen LogP contribution in [-0.4, -0.2) is 47.2 Å². The highest BCUT2D eigenvalue weighted by Crippen LogP contribution is 2.18. The molecule has 7 heteroatoms. The van der Waals surface area contributed by atoms with E-state index in [1.54, 1.807) is 0 Å². The van der Waals surface area contributed by atoms with E-state index in [9.17, 15) is 4.79 Å². The summed E-state index contributed by atoms with van der Waals surface area (Å²) in [5.41, 5.74) is 0. The van der Waals surface area contributed by atoms with Gasteiger partial charge < -0.3 is 10.6 Å². The van der Waals surface area contributed by atoms with Crippen molar-refractivity contribution in [3.05, 3.63) is 5.01 Å². The van der Waals surface area contributed by atoms with Crippen molar-refractivity contribution in [1.82, 2.24) is 20.4 Å². The van der Waals surface area contributed by atoms with Crippen molar-refractivity contribution in [3.8, 4) is 0 Å². The van der Waals surface area contributed by atoms with Gasteiger partial charge in [-0.2, -0.15) is 0 Å². The first kappa shape index (κ1) is 12.3. The van der Waals surface area contributed by atoms with Gasteiger partial charge in [0.1, 0.15) is 5.01 Å². The topological polar surface area (TPSA) is 70.2 Å². The minimum absolute atomic E-state index is 0.0364. The van der Waals surface area contributed by atoms with Crippen LogP contribution < -0.4 is 10.6 Å². The Hall–Kier alpha value is -1.21. The van der Waals surface area contributed by atoms with Crippen LogP contribution in [0, 0.1) is 0 Å². The first-order valence-corrected chi connectivity index (χ1v) is 6.58. The number of piperazine rings is 1. The summed E-state index contributed by atoms with van der Waals surface area (Å²) in [6.45, 7) is 4.32. The molecule has 1 aliphatic heterocycles. The molecule has 1 unspecified atom stereocenters. The molecule has 2 N–H and O–H groups in total. The van der Waals surface area contributed by atoms with E-state index in [4.69, 9.17) is 0 Å². The Kier molecular flexibility index (Phi) is 3.90. The molecule has 2 heterocycles. The number of carbonyl (C=O) groups is 1. The van der Waals surface area contributed by atoms with Crippen LogP contribution in [0.3, 0.4) is 0 Å². The summed E-state index contributed by atoms with van der Waals surface area (Å²) in [7, 11) is 1.83. The van der Waals surface area contributed by atoms with Gasteiger partial charge in [0.2, 0.25) is 11.0 Å². The highest BCUT2D eigenvalue weighted by Gasteiger charge is 2.28. The van der Waals surface area contributed by atoms with Gasteiger partial charge in [0.25, 0.3) is 0 Å². The van der Waals surface area contributed by atoms with Crippen molar-refractivity contribution in [2.24, 2.45) is 0 Å². The van der Waals surface area contributed by atoms with E-state index >= 15 is 0 Å². The van der Waals surface area contributed by atoms with Crippen LogP contribution in [0.2, 0.25) is 0 Å². The zero-order valence-corrected chi connectivity index (χ0v) is 10.9. The minimum Gasteiger partial charge on any atom is -0.363 e. The maximum Gasteiger partial charge on any atom is 0.237 e. The summed E-state index contributed by atoms with van der Waals surface area (Å²) in [4.78, 5) is 13.9. The van der Waals surface area contributed by atoms with Crippen LogP contribution in [0.25, 0.3) is 0 Å². The zero-order valence-electron chi connectivity index (χ0n) is 10.1. The standard InChI is InChI=1S/C10H17N5OS/c1-3-7-9(16)12-4-5-15(7)6-8-13-14-10(11-2)17-8/h7H,3-6H2,1-2H3,(H,11,14)(H,12,16). The lowest BCUT2D eigenvalue weighted by Crippen LogP contribution is -2.54. The molecule has 1 aromatic rings. The molecule has 1 fully saturated rings. The summed E-state index contributed by atoms with van der Waals surface area (Å²) in [5.74, 6) is 0.122. The molecule has 1 saturated heterocycles. The van der Waals surface area contributed by atoms with Crippen LogP contribution in [0.4, 0.5) is 5.13 Å². The molecule has 1 amide bonds. The normalized spacial score (nSPS) is 21.3. The average molecular weight is 255 g/mol. The first-order valence-electron chi connectivity index (χ1n) is 5.76. The van der Waals surface area contributed by atoms with Crippen molar-refractivity contribution in [1.29, 1.82) is 0 Å². The van der Waals surface area contributed by atoms with Crippen LogP contribution in [0.5, 0.6) is 0 Å². The lowest BCUT2D eigenvalue weighted by Gasteiger charge is -2.33. The lowest BCUT2D eigenvalue weighted by molar-refractivity contribution is -0.129. The van der Waals surface area contributed by atoms with Crippen molar-refractivity contribution in [2.75, 3.05) is 25.5 Å². The van der Waals surface area contributed by atoms with E-state index in [0.717, 1.165) is 23.1 Å². The Morgan fingerprint density at radius 2 is 2.41 bits per heavy atom. The number of hydrogen-bond acceptors (Lipinski definition) is 6. The fraction of sp³-hybridized carbons (Fsp3) is 0.700. The zero-order chi connectivity index (χ0) is 12.3. The largest absolute Gasteiger partial charge is 0.363 e. The Balaban J connectivity index is 2.03. The summed E-state index contributed by atoms with van der Waals surface area (Å²) < 4.78 is 0. The van der Waals surface area contributed by atoms with Gasteiger partial charge in [-0.1, -0.05) is 18.3 Å². The maximum absolute atomic E-state index is 11.7. The van der Waals surface area contributed by atoms with Gasteiger partial charge in [-0.25, -0.2) is 0 Å². The van der Waals surface area contributed by atoms with Gasteiger partial charge in [-0.05, 0) is 6.42 Å². The summed E-state index contributed by atoms with van der Waals surface area (Å²) in [6, 6.07) is -0.0364. The molecule has 94 valence electrons. The highest BCUT2D eigenvalue weighted by atomic mass is 32.1. The number of hydrogen-bond donors (Lipinski definition) is 2. The monoisotopic (exact) mass is 255 g/mol. The van der Waals surface area contributed by atoms with Crippen LogP contribution in [0.15, 0.2) is 0 Å². The summed E-state index contributed by atoms with van der Waals surface area (Å²) >= 11 is 1.53. The molecule has 1 aromatic heterocycles. The fourth-order valence-electron chi connectivity index (χ4n) is 1.99. The molecule has 0 aliphatic carbocycles. The first-order chi connectivity index (χ1) is 8.24. The Labute approximate surface area is 104 Å². The number of amides is 1. The highest BCUT2D eigenvalue weighted by molar-refractivity contribution is 7.15.